The predicted molar refractivity (Wildman–Crippen MR) is 122 cm³/mol. The van der Waals surface area contributed by atoms with E-state index in [1.165, 1.54) is 37.7 Å². The molecule has 3 rings (SSSR count). The number of hydrogen-bond acceptors (Lipinski definition) is 7. The number of methoxy groups -OCH3 is 1. The van der Waals surface area contributed by atoms with E-state index in [1.54, 1.807) is 12.3 Å². The van der Waals surface area contributed by atoms with Gasteiger partial charge in [-0.15, -0.1) is 0 Å². The van der Waals surface area contributed by atoms with Gasteiger partial charge in [-0.2, -0.15) is 0 Å². The van der Waals surface area contributed by atoms with E-state index in [0.29, 0.717) is 28.6 Å². The number of nitrogens with one attached hydrogen (secondary N) is 2. The lowest BCUT2D eigenvalue weighted by Crippen LogP contribution is -2.38. The fourth-order valence-corrected chi connectivity index (χ4v) is 2.91. The Labute approximate surface area is 190 Å². The van der Waals surface area contributed by atoms with Crippen molar-refractivity contribution in [3.05, 3.63) is 59.3 Å². The average molecular weight is 459 g/mol. The molecule has 0 aliphatic rings. The molecule has 1 unspecified atom stereocenters. The van der Waals surface area contributed by atoms with Crippen molar-refractivity contribution in [2.75, 3.05) is 33.1 Å². The van der Waals surface area contributed by atoms with E-state index in [2.05, 4.69) is 25.6 Å². The van der Waals surface area contributed by atoms with Gasteiger partial charge < -0.3 is 20.3 Å². The van der Waals surface area contributed by atoms with Crippen molar-refractivity contribution in [3.8, 4) is 17.1 Å². The zero-order valence-corrected chi connectivity index (χ0v) is 18.9. The van der Waals surface area contributed by atoms with Crippen LogP contribution in [0.4, 0.5) is 15.9 Å². The topological polar surface area (TPSA) is 92.3 Å². The van der Waals surface area contributed by atoms with Crippen molar-refractivity contribution in [1.29, 1.82) is 0 Å². The largest absolute Gasteiger partial charge is 0.491 e. The van der Waals surface area contributed by atoms with E-state index >= 15 is 0 Å². The summed E-state index contributed by atoms with van der Waals surface area (Å²) in [4.78, 5) is 27.4. The second-order valence-corrected chi connectivity index (χ2v) is 7.74. The summed E-state index contributed by atoms with van der Waals surface area (Å²) in [5, 5.41) is 6.34. The number of carbonyl (C=O) groups is 1. The van der Waals surface area contributed by atoms with Gasteiger partial charge in [0.25, 0.3) is 5.91 Å². The number of carbonyl (C=O) groups excluding carboxylic acids is 1. The highest BCUT2D eigenvalue weighted by atomic mass is 35.5. The van der Waals surface area contributed by atoms with Gasteiger partial charge in [0, 0.05) is 30.0 Å². The molecule has 10 heteroatoms. The molecule has 3 aromatic rings. The molecule has 1 amide bonds. The van der Waals surface area contributed by atoms with Crippen LogP contribution in [0.3, 0.4) is 0 Å². The zero-order valence-electron chi connectivity index (χ0n) is 18.2. The summed E-state index contributed by atoms with van der Waals surface area (Å²) >= 11 is 6.00. The lowest BCUT2D eigenvalue weighted by Gasteiger charge is -2.20. The first-order chi connectivity index (χ1) is 15.3. The standard InChI is InChI=1S/C22H24ClFN6O2/c1-13(30(2)3)10-27-22(31)16-11-25-8-7-18(16)28-21-19(32-4)12-26-20(29-21)15-9-14(23)5-6-17(15)24/h5-9,11-13H,10H2,1-4H3,(H,27,31)(H,25,26,28,29). The van der Waals surface area contributed by atoms with E-state index in [-0.39, 0.29) is 29.2 Å². The van der Waals surface area contributed by atoms with Crippen LogP contribution >= 0.6 is 11.6 Å². The van der Waals surface area contributed by atoms with Gasteiger partial charge in [-0.3, -0.25) is 9.78 Å². The maximum atomic E-state index is 14.3. The fourth-order valence-electron chi connectivity index (χ4n) is 2.74. The van der Waals surface area contributed by atoms with Crippen LogP contribution in [0, 0.1) is 5.82 Å². The number of hydrogen-bond donors (Lipinski definition) is 2. The first kappa shape index (κ1) is 23.4. The molecule has 0 radical (unpaired) electrons. The molecule has 1 atom stereocenters. The molecule has 0 saturated carbocycles. The van der Waals surface area contributed by atoms with Gasteiger partial charge in [0.1, 0.15) is 5.82 Å². The minimum absolute atomic E-state index is 0.119. The van der Waals surface area contributed by atoms with Crippen LogP contribution in [0.1, 0.15) is 17.3 Å². The van der Waals surface area contributed by atoms with Crippen LogP contribution in [-0.4, -0.2) is 59.6 Å². The van der Waals surface area contributed by atoms with Crippen LogP contribution < -0.4 is 15.4 Å². The number of ether oxygens (including phenoxy) is 1. The van der Waals surface area contributed by atoms with Crippen LogP contribution in [0.2, 0.25) is 5.02 Å². The van der Waals surface area contributed by atoms with Gasteiger partial charge in [-0.25, -0.2) is 14.4 Å². The normalized spacial score (nSPS) is 11.8. The Bertz CT molecular complexity index is 1110. The predicted octanol–water partition coefficient (Wildman–Crippen LogP) is 3.76. The highest BCUT2D eigenvalue weighted by Crippen LogP contribution is 2.30. The Morgan fingerprint density at radius 1 is 1.28 bits per heavy atom. The quantitative estimate of drug-likeness (QED) is 0.531. The summed E-state index contributed by atoms with van der Waals surface area (Å²) < 4.78 is 19.7. The molecule has 2 aromatic heterocycles. The van der Waals surface area contributed by atoms with Crippen molar-refractivity contribution in [2.45, 2.75) is 13.0 Å². The van der Waals surface area contributed by atoms with Crippen molar-refractivity contribution >= 4 is 29.0 Å². The second kappa shape index (κ2) is 10.3. The summed E-state index contributed by atoms with van der Waals surface area (Å²) in [5.41, 5.74) is 0.938. The first-order valence-corrected chi connectivity index (χ1v) is 10.2. The van der Waals surface area contributed by atoms with Gasteiger partial charge in [0.15, 0.2) is 17.4 Å². The van der Waals surface area contributed by atoms with Crippen molar-refractivity contribution in [2.24, 2.45) is 0 Å². The molecule has 0 saturated heterocycles. The SMILES string of the molecule is COc1cnc(-c2cc(Cl)ccc2F)nc1Nc1ccncc1C(=O)NCC(C)N(C)C. The van der Waals surface area contributed by atoms with E-state index in [0.717, 1.165) is 0 Å². The summed E-state index contributed by atoms with van der Waals surface area (Å²) in [6.45, 7) is 2.47. The third-order valence-corrected chi connectivity index (χ3v) is 5.14. The molecular weight excluding hydrogens is 435 g/mol. The fraction of sp³-hybridized carbons (Fsp3) is 0.273. The summed E-state index contributed by atoms with van der Waals surface area (Å²) in [5.74, 6) is -0.0968. The number of pyridine rings is 1. The van der Waals surface area contributed by atoms with Gasteiger partial charge >= 0.3 is 0 Å². The molecular formula is C22H24ClFN6O2. The molecule has 2 N–H and O–H groups in total. The van der Waals surface area contributed by atoms with Crippen molar-refractivity contribution in [3.63, 3.8) is 0 Å². The molecule has 8 nitrogen and oxygen atoms in total. The van der Waals surface area contributed by atoms with E-state index in [4.69, 9.17) is 16.3 Å². The number of likely N-dealkylation sites (N-methyl/N-ethyl adjacent to an activating group) is 1. The second-order valence-electron chi connectivity index (χ2n) is 7.30. The monoisotopic (exact) mass is 458 g/mol. The maximum Gasteiger partial charge on any atom is 0.255 e. The molecule has 0 spiro atoms. The lowest BCUT2D eigenvalue weighted by molar-refractivity contribution is 0.0944. The summed E-state index contributed by atoms with van der Waals surface area (Å²) in [6, 6.07) is 5.94. The number of rotatable bonds is 8. The molecule has 0 aliphatic heterocycles. The Morgan fingerprint density at radius 3 is 2.78 bits per heavy atom. The number of halogens is 2. The first-order valence-electron chi connectivity index (χ1n) is 9.82. The van der Waals surface area contributed by atoms with Crippen LogP contribution in [0.5, 0.6) is 5.75 Å². The smallest absolute Gasteiger partial charge is 0.255 e. The van der Waals surface area contributed by atoms with Crippen LogP contribution in [-0.2, 0) is 0 Å². The minimum atomic E-state index is -0.510. The third-order valence-electron chi connectivity index (χ3n) is 4.90. The molecule has 168 valence electrons. The highest BCUT2D eigenvalue weighted by Gasteiger charge is 2.17. The van der Waals surface area contributed by atoms with Gasteiger partial charge in [0.2, 0.25) is 0 Å². The summed E-state index contributed by atoms with van der Waals surface area (Å²) in [6.07, 6.45) is 4.43. The summed E-state index contributed by atoms with van der Waals surface area (Å²) in [7, 11) is 5.34. The third kappa shape index (κ3) is 5.49. The van der Waals surface area contributed by atoms with E-state index < -0.39 is 5.82 Å². The Kier molecular flexibility index (Phi) is 7.55. The van der Waals surface area contributed by atoms with Crippen LogP contribution in [0.25, 0.3) is 11.4 Å². The number of amides is 1. The lowest BCUT2D eigenvalue weighted by atomic mass is 10.2. The molecule has 0 bridgehead atoms. The number of nitrogens with zero attached hydrogens (tertiary/aromatic N) is 4. The number of anilines is 2. The molecule has 0 fully saturated rings. The van der Waals surface area contributed by atoms with E-state index in [9.17, 15) is 9.18 Å². The Balaban J connectivity index is 1.92. The molecule has 2 heterocycles. The van der Waals surface area contributed by atoms with Gasteiger partial charge in [0.05, 0.1) is 30.1 Å². The Morgan fingerprint density at radius 2 is 2.06 bits per heavy atom. The van der Waals surface area contributed by atoms with Gasteiger partial charge in [-0.05, 0) is 45.3 Å². The number of aromatic nitrogens is 3. The molecule has 0 aliphatic carbocycles. The maximum absolute atomic E-state index is 14.3. The van der Waals surface area contributed by atoms with Crippen molar-refractivity contribution < 1.29 is 13.9 Å². The average Bonchev–Trinajstić information content (AvgIpc) is 2.79. The van der Waals surface area contributed by atoms with Crippen LogP contribution in [0.15, 0.2) is 42.9 Å². The van der Waals surface area contributed by atoms with E-state index in [1.807, 2.05) is 25.9 Å². The Hall–Kier alpha value is -3.30. The molecule has 32 heavy (non-hydrogen) atoms. The van der Waals surface area contributed by atoms with Gasteiger partial charge in [-0.1, -0.05) is 11.6 Å². The minimum Gasteiger partial charge on any atom is -0.491 e. The van der Waals surface area contributed by atoms with Crippen molar-refractivity contribution in [1.82, 2.24) is 25.2 Å². The molecule has 1 aromatic carbocycles. The highest BCUT2D eigenvalue weighted by molar-refractivity contribution is 6.30. The zero-order chi connectivity index (χ0) is 23.3. The number of benzene rings is 1.